The molecule has 2 nitrogen and oxygen atoms in total. The zero-order valence-corrected chi connectivity index (χ0v) is 16.8. The highest BCUT2D eigenvalue weighted by Gasteiger charge is 2.67. The van der Waals surface area contributed by atoms with Crippen molar-refractivity contribution < 1.29 is 9.59 Å². The largest absolute Gasteiger partial charge is 0.299 e. The number of Topliss-reactive ketones (excluding diaryl/α,β-unsaturated/α-hetero) is 1. The number of carbonyl (C=O) groups excluding carboxylic acids is 2. The van der Waals surface area contributed by atoms with Crippen LogP contribution in [0, 0.1) is 39.9 Å². The third-order valence-corrected chi connectivity index (χ3v) is 10.2. The van der Waals surface area contributed by atoms with Gasteiger partial charge < -0.3 is 0 Å². The summed E-state index contributed by atoms with van der Waals surface area (Å²) in [7, 11) is 0. The van der Waals surface area contributed by atoms with Gasteiger partial charge in [0.15, 0.2) is 5.78 Å². The van der Waals surface area contributed by atoms with Gasteiger partial charge in [-0.3, -0.25) is 9.59 Å². The Kier molecular flexibility index (Phi) is 3.52. The number of rotatable bonds is 0. The Morgan fingerprint density at radius 3 is 2.46 bits per heavy atom. The number of fused-ring (bicyclic) bond motifs is 6. The molecule has 142 valence electrons. The first-order valence-corrected chi connectivity index (χ1v) is 11.1. The van der Waals surface area contributed by atoms with Crippen molar-refractivity contribution in [1.82, 2.24) is 0 Å². The summed E-state index contributed by atoms with van der Waals surface area (Å²) in [6.45, 7) is 7.39. The molecule has 0 bridgehead atoms. The predicted octanol–water partition coefficient (Wildman–Crippen LogP) is 5.50. The van der Waals surface area contributed by atoms with Gasteiger partial charge in [0.2, 0.25) is 0 Å². The van der Waals surface area contributed by atoms with E-state index in [4.69, 9.17) is 0 Å². The lowest BCUT2D eigenvalue weighted by atomic mass is 9.43. The van der Waals surface area contributed by atoms with E-state index in [9.17, 15) is 9.59 Å². The van der Waals surface area contributed by atoms with Crippen LogP contribution in [0.5, 0.6) is 0 Å². The van der Waals surface area contributed by atoms with Crippen molar-refractivity contribution >= 4 is 11.6 Å². The summed E-state index contributed by atoms with van der Waals surface area (Å²) >= 11 is 0. The van der Waals surface area contributed by atoms with E-state index in [1.54, 1.807) is 0 Å². The first-order chi connectivity index (χ1) is 12.3. The molecule has 4 fully saturated rings. The van der Waals surface area contributed by atoms with E-state index in [1.807, 2.05) is 6.08 Å². The van der Waals surface area contributed by atoms with Gasteiger partial charge in [-0.25, -0.2) is 0 Å². The molecule has 7 atom stereocenters. The summed E-state index contributed by atoms with van der Waals surface area (Å²) < 4.78 is 0. The van der Waals surface area contributed by atoms with E-state index >= 15 is 0 Å². The normalized spacial score (nSPS) is 53.3. The fourth-order valence-electron chi connectivity index (χ4n) is 8.84. The van der Waals surface area contributed by atoms with Gasteiger partial charge in [-0.15, -0.1) is 0 Å². The Morgan fingerprint density at radius 2 is 1.73 bits per heavy atom. The van der Waals surface area contributed by atoms with Crippen LogP contribution in [0.25, 0.3) is 0 Å². The zero-order chi connectivity index (χ0) is 18.3. The summed E-state index contributed by atoms with van der Waals surface area (Å²) in [5.74, 6) is 3.78. The monoisotopic (exact) mass is 354 g/mol. The highest BCUT2D eigenvalue weighted by atomic mass is 16.1. The van der Waals surface area contributed by atoms with E-state index in [1.165, 1.54) is 24.8 Å². The van der Waals surface area contributed by atoms with E-state index in [0.717, 1.165) is 56.8 Å². The van der Waals surface area contributed by atoms with Gasteiger partial charge in [0, 0.05) is 18.3 Å². The number of hydrogen-bond acceptors (Lipinski definition) is 2. The molecule has 0 amide bonds. The minimum Gasteiger partial charge on any atom is -0.299 e. The molecule has 1 spiro atoms. The second kappa shape index (κ2) is 5.32. The molecule has 26 heavy (non-hydrogen) atoms. The highest BCUT2D eigenvalue weighted by Crippen LogP contribution is 2.72. The van der Waals surface area contributed by atoms with Crippen LogP contribution in [0.2, 0.25) is 0 Å². The molecular weight excluding hydrogens is 320 g/mol. The SMILES string of the molecule is CC1CC2=CC(=O)CCC2(C)[C@H]2CC[C@]3(C)C(CC[C@]34CCCC4=O)C12. The molecule has 5 rings (SSSR count). The van der Waals surface area contributed by atoms with Crippen molar-refractivity contribution in [2.45, 2.75) is 85.0 Å². The lowest BCUT2D eigenvalue weighted by molar-refractivity contribution is -0.141. The molecule has 0 aromatic carbocycles. The Labute approximate surface area is 158 Å². The van der Waals surface area contributed by atoms with Crippen molar-refractivity contribution in [2.75, 3.05) is 0 Å². The molecule has 0 radical (unpaired) electrons. The Morgan fingerprint density at radius 1 is 0.962 bits per heavy atom. The van der Waals surface area contributed by atoms with Gasteiger partial charge in [-0.2, -0.15) is 0 Å². The van der Waals surface area contributed by atoms with Crippen molar-refractivity contribution in [3.63, 3.8) is 0 Å². The molecule has 0 heterocycles. The fourth-order valence-corrected chi connectivity index (χ4v) is 8.84. The van der Waals surface area contributed by atoms with E-state index in [-0.39, 0.29) is 16.2 Å². The number of hydrogen-bond donors (Lipinski definition) is 0. The average molecular weight is 355 g/mol. The number of allylic oxidation sites excluding steroid dienone is 1. The maximum atomic E-state index is 13.0. The fraction of sp³-hybridized carbons (Fsp3) is 0.833. The van der Waals surface area contributed by atoms with E-state index in [0.29, 0.717) is 23.4 Å². The Hall–Kier alpha value is -0.920. The maximum Gasteiger partial charge on any atom is 0.155 e. The van der Waals surface area contributed by atoms with Crippen LogP contribution in [-0.2, 0) is 9.59 Å². The molecule has 2 heteroatoms. The van der Waals surface area contributed by atoms with Gasteiger partial charge >= 0.3 is 0 Å². The quantitative estimate of drug-likeness (QED) is 0.575. The van der Waals surface area contributed by atoms with Gasteiger partial charge in [-0.1, -0.05) is 26.3 Å². The highest BCUT2D eigenvalue weighted by molar-refractivity contribution is 5.91. The summed E-state index contributed by atoms with van der Waals surface area (Å²) in [6, 6.07) is 0. The lowest BCUT2D eigenvalue weighted by Gasteiger charge is -2.61. The topological polar surface area (TPSA) is 34.1 Å². The lowest BCUT2D eigenvalue weighted by Crippen LogP contribution is -2.55. The zero-order valence-electron chi connectivity index (χ0n) is 16.8. The van der Waals surface area contributed by atoms with Crippen molar-refractivity contribution in [1.29, 1.82) is 0 Å². The van der Waals surface area contributed by atoms with Gasteiger partial charge in [0.05, 0.1) is 0 Å². The molecule has 0 N–H and O–H groups in total. The molecule has 4 saturated carbocycles. The first kappa shape index (κ1) is 17.2. The van der Waals surface area contributed by atoms with Crippen molar-refractivity contribution in [3.05, 3.63) is 11.6 Å². The summed E-state index contributed by atoms with van der Waals surface area (Å²) in [5, 5.41) is 0. The first-order valence-electron chi connectivity index (χ1n) is 11.1. The third kappa shape index (κ3) is 1.89. The molecule has 0 aromatic rings. The van der Waals surface area contributed by atoms with Crippen LogP contribution >= 0.6 is 0 Å². The van der Waals surface area contributed by atoms with Crippen molar-refractivity contribution in [3.8, 4) is 0 Å². The molecule has 5 aliphatic carbocycles. The standard InChI is InChI=1S/C24H34O2/c1-15-13-16-14-17(25)6-10-22(16,2)18-7-11-23(3)19(21(15)18)8-12-24(23)9-4-5-20(24)26/h14-15,18-19,21H,4-13H2,1-3H3/t15?,18-,19?,21?,22?,23+,24-/m0/s1. The molecular formula is C24H34O2. The van der Waals surface area contributed by atoms with Gasteiger partial charge in [0.1, 0.15) is 5.78 Å². The van der Waals surface area contributed by atoms with E-state index < -0.39 is 0 Å². The molecule has 4 unspecified atom stereocenters. The van der Waals surface area contributed by atoms with Gasteiger partial charge in [0.25, 0.3) is 0 Å². The van der Waals surface area contributed by atoms with Crippen LogP contribution in [0.15, 0.2) is 11.6 Å². The summed E-state index contributed by atoms with van der Waals surface area (Å²) in [6.07, 6.45) is 12.9. The molecule has 5 aliphatic rings. The van der Waals surface area contributed by atoms with E-state index in [2.05, 4.69) is 20.8 Å². The Bertz CT molecular complexity index is 705. The Balaban J connectivity index is 1.55. The molecule has 0 aromatic heterocycles. The van der Waals surface area contributed by atoms with Crippen LogP contribution in [0.4, 0.5) is 0 Å². The van der Waals surface area contributed by atoms with Crippen LogP contribution in [0.1, 0.15) is 85.0 Å². The summed E-state index contributed by atoms with van der Waals surface area (Å²) in [4.78, 5) is 25.0. The van der Waals surface area contributed by atoms with Crippen LogP contribution in [0.3, 0.4) is 0 Å². The number of ketones is 2. The van der Waals surface area contributed by atoms with Crippen LogP contribution in [-0.4, -0.2) is 11.6 Å². The van der Waals surface area contributed by atoms with Crippen LogP contribution < -0.4 is 0 Å². The maximum absolute atomic E-state index is 13.0. The molecule has 0 aliphatic heterocycles. The number of carbonyl (C=O) groups is 2. The van der Waals surface area contributed by atoms with Crippen molar-refractivity contribution in [2.24, 2.45) is 39.9 Å². The minimum atomic E-state index is 0.0158. The second-order valence-electron chi connectivity index (χ2n) is 10.9. The predicted molar refractivity (Wildman–Crippen MR) is 103 cm³/mol. The smallest absolute Gasteiger partial charge is 0.155 e. The summed E-state index contributed by atoms with van der Waals surface area (Å²) in [5.41, 5.74) is 1.94. The third-order valence-electron chi connectivity index (χ3n) is 10.2. The second-order valence-corrected chi connectivity index (χ2v) is 10.9. The average Bonchev–Trinajstić information content (AvgIpc) is 3.12. The minimum absolute atomic E-state index is 0.0158. The van der Waals surface area contributed by atoms with Gasteiger partial charge in [-0.05, 0) is 91.9 Å². The molecule has 0 saturated heterocycles.